The van der Waals surface area contributed by atoms with Crippen LogP contribution in [-0.4, -0.2) is 63.7 Å². The standard InChI is InChI=1S/C15H22Cl2N4O3/c1-9(22)11-8-20(14(23)24-15(2,3)4)5-6-21(11)10-7-12(16)18-19-13(10)17/h7,9,11,22H,5-6,8H2,1-4H3/t9?,11-/m0/s1. The first kappa shape index (κ1) is 19.0. The number of amides is 1. The molecule has 1 saturated heterocycles. The smallest absolute Gasteiger partial charge is 0.410 e. The molecule has 2 atom stereocenters. The van der Waals surface area contributed by atoms with Crippen molar-refractivity contribution in [2.45, 2.75) is 45.4 Å². The molecule has 0 radical (unpaired) electrons. The van der Waals surface area contributed by atoms with Crippen molar-refractivity contribution < 1.29 is 14.6 Å². The summed E-state index contributed by atoms with van der Waals surface area (Å²) in [5.41, 5.74) is 0.0202. The van der Waals surface area contributed by atoms with Crippen LogP contribution in [0.25, 0.3) is 0 Å². The highest BCUT2D eigenvalue weighted by molar-refractivity contribution is 6.33. The highest BCUT2D eigenvalue weighted by Gasteiger charge is 2.35. The van der Waals surface area contributed by atoms with Gasteiger partial charge in [0.15, 0.2) is 10.3 Å². The number of piperazine rings is 1. The fourth-order valence-electron chi connectivity index (χ4n) is 2.56. The number of carbonyl (C=O) groups is 1. The first-order valence-corrected chi connectivity index (χ1v) is 8.45. The molecule has 0 saturated carbocycles. The Morgan fingerprint density at radius 2 is 2.04 bits per heavy atom. The summed E-state index contributed by atoms with van der Waals surface area (Å²) in [5.74, 6) is 0. The van der Waals surface area contributed by atoms with E-state index in [2.05, 4.69) is 10.2 Å². The van der Waals surface area contributed by atoms with Crippen LogP contribution in [0, 0.1) is 0 Å². The van der Waals surface area contributed by atoms with E-state index >= 15 is 0 Å². The Morgan fingerprint density at radius 1 is 1.38 bits per heavy atom. The molecule has 1 N–H and O–H groups in total. The van der Waals surface area contributed by atoms with Gasteiger partial charge in [-0.3, -0.25) is 0 Å². The van der Waals surface area contributed by atoms with E-state index in [9.17, 15) is 9.90 Å². The zero-order valence-corrected chi connectivity index (χ0v) is 15.7. The van der Waals surface area contributed by atoms with Crippen molar-refractivity contribution in [2.24, 2.45) is 0 Å². The van der Waals surface area contributed by atoms with Gasteiger partial charge in [0.25, 0.3) is 0 Å². The molecular formula is C15H22Cl2N4O3. The van der Waals surface area contributed by atoms with Crippen molar-refractivity contribution in [2.75, 3.05) is 24.5 Å². The minimum absolute atomic E-state index is 0.204. The Hall–Kier alpha value is -1.31. The molecule has 0 aliphatic carbocycles. The molecule has 1 aromatic heterocycles. The summed E-state index contributed by atoms with van der Waals surface area (Å²) in [6.45, 7) is 8.33. The van der Waals surface area contributed by atoms with Gasteiger partial charge in [-0.25, -0.2) is 4.79 Å². The molecule has 0 spiro atoms. The maximum absolute atomic E-state index is 12.3. The molecule has 2 heterocycles. The Kier molecular flexibility index (Phi) is 5.78. The maximum Gasteiger partial charge on any atom is 0.410 e. The number of rotatable bonds is 2. The predicted molar refractivity (Wildman–Crippen MR) is 92.7 cm³/mol. The number of anilines is 1. The van der Waals surface area contributed by atoms with Crippen LogP contribution >= 0.6 is 23.2 Å². The molecule has 1 fully saturated rings. The highest BCUT2D eigenvalue weighted by atomic mass is 35.5. The minimum atomic E-state index is -0.696. The summed E-state index contributed by atoms with van der Waals surface area (Å²) in [5, 5.41) is 18.1. The summed E-state index contributed by atoms with van der Waals surface area (Å²) >= 11 is 12.0. The van der Waals surface area contributed by atoms with Gasteiger partial charge in [-0.15, -0.1) is 10.2 Å². The number of carbonyl (C=O) groups excluding carboxylic acids is 1. The van der Waals surface area contributed by atoms with Gasteiger partial charge < -0.3 is 19.6 Å². The monoisotopic (exact) mass is 376 g/mol. The number of ether oxygens (including phenoxy) is 1. The van der Waals surface area contributed by atoms with Gasteiger partial charge in [0, 0.05) is 25.7 Å². The first-order chi connectivity index (χ1) is 11.1. The van der Waals surface area contributed by atoms with Crippen molar-refractivity contribution in [1.82, 2.24) is 15.1 Å². The van der Waals surface area contributed by atoms with Crippen LogP contribution in [0.15, 0.2) is 6.07 Å². The van der Waals surface area contributed by atoms with Crippen LogP contribution in [0.4, 0.5) is 10.5 Å². The van der Waals surface area contributed by atoms with E-state index in [1.165, 1.54) is 0 Å². The topological polar surface area (TPSA) is 78.8 Å². The third-order valence-electron chi connectivity index (χ3n) is 3.64. The van der Waals surface area contributed by atoms with Gasteiger partial charge in [0.2, 0.25) is 0 Å². The van der Waals surface area contributed by atoms with Crippen LogP contribution in [-0.2, 0) is 4.74 Å². The molecule has 2 rings (SSSR count). The molecule has 7 nitrogen and oxygen atoms in total. The molecule has 1 aliphatic heterocycles. The molecule has 9 heteroatoms. The Morgan fingerprint density at radius 3 is 2.62 bits per heavy atom. The Bertz CT molecular complexity index is 607. The molecule has 1 aliphatic rings. The van der Waals surface area contributed by atoms with E-state index in [0.717, 1.165) is 0 Å². The first-order valence-electron chi connectivity index (χ1n) is 7.70. The number of halogens is 2. The van der Waals surface area contributed by atoms with E-state index in [1.54, 1.807) is 17.9 Å². The van der Waals surface area contributed by atoms with Gasteiger partial charge in [-0.05, 0) is 27.7 Å². The van der Waals surface area contributed by atoms with Crippen LogP contribution in [0.1, 0.15) is 27.7 Å². The van der Waals surface area contributed by atoms with E-state index < -0.39 is 17.8 Å². The molecule has 134 valence electrons. The highest BCUT2D eigenvalue weighted by Crippen LogP contribution is 2.30. The van der Waals surface area contributed by atoms with E-state index in [4.69, 9.17) is 27.9 Å². The van der Waals surface area contributed by atoms with Crippen LogP contribution in [0.2, 0.25) is 10.3 Å². The summed E-state index contributed by atoms with van der Waals surface area (Å²) in [7, 11) is 0. The molecule has 1 amide bonds. The second-order valence-electron chi connectivity index (χ2n) is 6.77. The largest absolute Gasteiger partial charge is 0.444 e. The SMILES string of the molecule is CC(O)[C@@H]1CN(C(=O)OC(C)(C)C)CCN1c1cc(Cl)nnc1Cl. The third-order valence-corrected chi connectivity index (χ3v) is 4.09. The Labute approximate surface area is 151 Å². The summed E-state index contributed by atoms with van der Waals surface area (Å²) in [6.07, 6.45) is -1.09. The number of aliphatic hydroxyl groups excluding tert-OH is 1. The zero-order valence-electron chi connectivity index (χ0n) is 14.2. The van der Waals surface area contributed by atoms with Crippen molar-refractivity contribution in [3.05, 3.63) is 16.4 Å². The van der Waals surface area contributed by atoms with Crippen molar-refractivity contribution >= 4 is 35.0 Å². The number of hydrogen-bond donors (Lipinski definition) is 1. The summed E-state index contributed by atoms with van der Waals surface area (Å²) in [6, 6.07) is 1.25. The van der Waals surface area contributed by atoms with Gasteiger partial charge in [0.05, 0.1) is 17.8 Å². The van der Waals surface area contributed by atoms with Gasteiger partial charge in [-0.1, -0.05) is 23.2 Å². The maximum atomic E-state index is 12.3. The van der Waals surface area contributed by atoms with Crippen molar-refractivity contribution in [1.29, 1.82) is 0 Å². The van der Waals surface area contributed by atoms with E-state index in [0.29, 0.717) is 25.3 Å². The van der Waals surface area contributed by atoms with E-state index in [-0.39, 0.29) is 16.3 Å². The second kappa shape index (κ2) is 7.29. The molecule has 1 unspecified atom stereocenters. The predicted octanol–water partition coefficient (Wildman–Crippen LogP) is 2.59. The lowest BCUT2D eigenvalue weighted by Crippen LogP contribution is -2.59. The van der Waals surface area contributed by atoms with Crippen molar-refractivity contribution in [3.8, 4) is 0 Å². The van der Waals surface area contributed by atoms with Crippen LogP contribution in [0.5, 0.6) is 0 Å². The van der Waals surface area contributed by atoms with E-state index in [1.807, 2.05) is 25.7 Å². The number of hydrogen-bond acceptors (Lipinski definition) is 6. The average Bonchev–Trinajstić information content (AvgIpc) is 2.47. The van der Waals surface area contributed by atoms with Gasteiger partial charge in [-0.2, -0.15) is 0 Å². The van der Waals surface area contributed by atoms with Gasteiger partial charge >= 0.3 is 6.09 Å². The molecule has 24 heavy (non-hydrogen) atoms. The average molecular weight is 377 g/mol. The number of aliphatic hydroxyl groups is 1. The molecule has 0 bridgehead atoms. The molecule has 0 aromatic carbocycles. The Balaban J connectivity index is 2.20. The zero-order chi connectivity index (χ0) is 18.1. The normalized spacial score (nSPS) is 20.0. The number of aromatic nitrogens is 2. The lowest BCUT2D eigenvalue weighted by Gasteiger charge is -2.44. The fourth-order valence-corrected chi connectivity index (χ4v) is 2.90. The number of nitrogens with zero attached hydrogens (tertiary/aromatic N) is 4. The quantitative estimate of drug-likeness (QED) is 0.854. The van der Waals surface area contributed by atoms with Gasteiger partial charge in [0.1, 0.15) is 5.60 Å². The lowest BCUT2D eigenvalue weighted by atomic mass is 10.1. The minimum Gasteiger partial charge on any atom is -0.444 e. The summed E-state index contributed by atoms with van der Waals surface area (Å²) < 4.78 is 5.41. The van der Waals surface area contributed by atoms with Crippen LogP contribution in [0.3, 0.4) is 0 Å². The third kappa shape index (κ3) is 4.62. The fraction of sp³-hybridized carbons (Fsp3) is 0.667. The van der Waals surface area contributed by atoms with Crippen LogP contribution < -0.4 is 4.90 Å². The lowest BCUT2D eigenvalue weighted by molar-refractivity contribution is 0.0163. The summed E-state index contributed by atoms with van der Waals surface area (Å²) in [4.78, 5) is 15.8. The second-order valence-corrected chi connectivity index (χ2v) is 7.52. The molecule has 1 aromatic rings. The molecular weight excluding hydrogens is 355 g/mol. The van der Waals surface area contributed by atoms with Crippen molar-refractivity contribution in [3.63, 3.8) is 0 Å².